The van der Waals surface area contributed by atoms with Crippen molar-refractivity contribution in [3.63, 3.8) is 0 Å². The fourth-order valence-electron chi connectivity index (χ4n) is 2.43. The Bertz CT molecular complexity index is 587. The monoisotopic (exact) mass is 275 g/mol. The molecule has 20 heavy (non-hydrogen) atoms. The number of para-hydroxylation sites is 1. The maximum Gasteiger partial charge on any atom is 0.176 e. The topological polar surface area (TPSA) is 43.6 Å². The van der Waals surface area contributed by atoms with Crippen LogP contribution in [-0.4, -0.2) is 19.8 Å². The predicted molar refractivity (Wildman–Crippen MR) is 78.0 cm³/mol. The SMILES string of the molecule is CCOc1cccc2c(COC)c(CNC3CC3)oc12. The number of furan rings is 1. The zero-order chi connectivity index (χ0) is 13.9. The molecular formula is C16H21NO3. The largest absolute Gasteiger partial charge is 0.490 e. The van der Waals surface area contributed by atoms with Crippen LogP contribution in [0.4, 0.5) is 0 Å². The molecule has 0 unspecified atom stereocenters. The van der Waals surface area contributed by atoms with E-state index < -0.39 is 0 Å². The molecule has 4 heteroatoms. The molecule has 3 rings (SSSR count). The van der Waals surface area contributed by atoms with Crippen molar-refractivity contribution in [2.24, 2.45) is 0 Å². The normalized spacial score (nSPS) is 14.9. The van der Waals surface area contributed by atoms with Gasteiger partial charge in [-0.2, -0.15) is 0 Å². The smallest absolute Gasteiger partial charge is 0.176 e. The average Bonchev–Trinajstić information content (AvgIpc) is 3.21. The molecule has 1 aliphatic carbocycles. The van der Waals surface area contributed by atoms with Crippen LogP contribution < -0.4 is 10.1 Å². The van der Waals surface area contributed by atoms with Gasteiger partial charge in [0, 0.05) is 24.1 Å². The molecule has 0 saturated heterocycles. The third-order valence-corrected chi connectivity index (χ3v) is 3.58. The van der Waals surface area contributed by atoms with Crippen LogP contribution in [0.2, 0.25) is 0 Å². The number of methoxy groups -OCH3 is 1. The summed E-state index contributed by atoms with van der Waals surface area (Å²) in [7, 11) is 1.71. The van der Waals surface area contributed by atoms with Gasteiger partial charge in [-0.1, -0.05) is 12.1 Å². The molecule has 0 aliphatic heterocycles. The van der Waals surface area contributed by atoms with Crippen LogP contribution in [0, 0.1) is 0 Å². The first kappa shape index (κ1) is 13.5. The predicted octanol–water partition coefficient (Wildman–Crippen LogP) is 3.23. The molecule has 0 atom stereocenters. The van der Waals surface area contributed by atoms with Gasteiger partial charge in [-0.05, 0) is 25.8 Å². The average molecular weight is 275 g/mol. The summed E-state index contributed by atoms with van der Waals surface area (Å²) in [5, 5.41) is 4.58. The van der Waals surface area contributed by atoms with E-state index in [1.165, 1.54) is 12.8 Å². The molecule has 108 valence electrons. The third kappa shape index (κ3) is 2.67. The van der Waals surface area contributed by atoms with Crippen molar-refractivity contribution in [3.8, 4) is 5.75 Å². The fourth-order valence-corrected chi connectivity index (χ4v) is 2.43. The van der Waals surface area contributed by atoms with Crippen LogP contribution >= 0.6 is 0 Å². The Morgan fingerprint density at radius 1 is 1.35 bits per heavy atom. The van der Waals surface area contributed by atoms with Gasteiger partial charge in [0.25, 0.3) is 0 Å². The van der Waals surface area contributed by atoms with Gasteiger partial charge >= 0.3 is 0 Å². The molecule has 1 fully saturated rings. The van der Waals surface area contributed by atoms with Gasteiger partial charge in [0.2, 0.25) is 0 Å². The van der Waals surface area contributed by atoms with Crippen LogP contribution in [0.15, 0.2) is 22.6 Å². The summed E-state index contributed by atoms with van der Waals surface area (Å²) in [5.74, 6) is 1.76. The highest BCUT2D eigenvalue weighted by Crippen LogP contribution is 2.33. The van der Waals surface area contributed by atoms with Crippen molar-refractivity contribution in [1.82, 2.24) is 5.32 Å². The lowest BCUT2D eigenvalue weighted by Gasteiger charge is -2.03. The Hall–Kier alpha value is -1.52. The standard InChI is InChI=1S/C16H21NO3/c1-3-19-14-6-4-5-12-13(10-18-2)15(20-16(12)14)9-17-11-7-8-11/h4-6,11,17H,3,7-10H2,1-2H3. The van der Waals surface area contributed by atoms with E-state index >= 15 is 0 Å². The molecule has 1 heterocycles. The van der Waals surface area contributed by atoms with Crippen LogP contribution in [0.25, 0.3) is 11.0 Å². The molecule has 1 saturated carbocycles. The molecule has 0 spiro atoms. The number of benzene rings is 1. The summed E-state index contributed by atoms with van der Waals surface area (Å²) in [6.07, 6.45) is 2.54. The van der Waals surface area contributed by atoms with E-state index in [0.717, 1.165) is 34.6 Å². The van der Waals surface area contributed by atoms with Crippen molar-refractivity contribution in [3.05, 3.63) is 29.5 Å². The fraction of sp³-hybridized carbons (Fsp3) is 0.500. The minimum atomic E-state index is 0.560. The number of nitrogens with one attached hydrogen (secondary N) is 1. The first-order valence-electron chi connectivity index (χ1n) is 7.21. The molecule has 0 amide bonds. The molecule has 1 aromatic heterocycles. The van der Waals surface area contributed by atoms with Gasteiger partial charge in [-0.25, -0.2) is 0 Å². The van der Waals surface area contributed by atoms with E-state index in [1.807, 2.05) is 19.1 Å². The van der Waals surface area contributed by atoms with Gasteiger partial charge in [-0.15, -0.1) is 0 Å². The third-order valence-electron chi connectivity index (χ3n) is 3.58. The van der Waals surface area contributed by atoms with Gasteiger partial charge in [-0.3, -0.25) is 0 Å². The van der Waals surface area contributed by atoms with Gasteiger partial charge in [0.05, 0.1) is 19.8 Å². The Morgan fingerprint density at radius 3 is 2.90 bits per heavy atom. The summed E-state index contributed by atoms with van der Waals surface area (Å²) < 4.78 is 17.0. The number of hydrogen-bond donors (Lipinski definition) is 1. The summed E-state index contributed by atoms with van der Waals surface area (Å²) >= 11 is 0. The van der Waals surface area contributed by atoms with Crippen molar-refractivity contribution in [1.29, 1.82) is 0 Å². The quantitative estimate of drug-likeness (QED) is 0.842. The maximum absolute atomic E-state index is 6.05. The van der Waals surface area contributed by atoms with Gasteiger partial charge < -0.3 is 19.2 Å². The van der Waals surface area contributed by atoms with Gasteiger partial charge in [0.1, 0.15) is 5.76 Å². The zero-order valence-electron chi connectivity index (χ0n) is 12.1. The molecule has 1 aromatic carbocycles. The Morgan fingerprint density at radius 2 is 2.20 bits per heavy atom. The molecule has 2 aromatic rings. The Labute approximate surface area is 119 Å². The lowest BCUT2D eigenvalue weighted by atomic mass is 10.1. The van der Waals surface area contributed by atoms with Crippen LogP contribution in [0.5, 0.6) is 5.75 Å². The Balaban J connectivity index is 1.97. The van der Waals surface area contributed by atoms with Crippen molar-refractivity contribution < 1.29 is 13.9 Å². The number of rotatable bonds is 7. The molecule has 0 radical (unpaired) electrons. The number of fused-ring (bicyclic) bond motifs is 1. The highest BCUT2D eigenvalue weighted by atomic mass is 16.5. The van der Waals surface area contributed by atoms with Crippen LogP contribution in [-0.2, 0) is 17.9 Å². The molecular weight excluding hydrogens is 254 g/mol. The highest BCUT2D eigenvalue weighted by Gasteiger charge is 2.23. The van der Waals surface area contributed by atoms with Crippen molar-refractivity contribution >= 4 is 11.0 Å². The highest BCUT2D eigenvalue weighted by molar-refractivity contribution is 5.87. The summed E-state index contributed by atoms with van der Waals surface area (Å²) in [5.41, 5.74) is 1.95. The van der Waals surface area contributed by atoms with Crippen molar-refractivity contribution in [2.45, 2.75) is 39.0 Å². The number of hydrogen-bond acceptors (Lipinski definition) is 4. The Kier molecular flexibility index (Phi) is 3.94. The molecule has 1 aliphatic rings. The maximum atomic E-state index is 6.05. The van der Waals surface area contributed by atoms with E-state index in [1.54, 1.807) is 7.11 Å². The number of ether oxygens (including phenoxy) is 2. The summed E-state index contributed by atoms with van der Waals surface area (Å²) in [6.45, 7) is 3.93. The first-order valence-corrected chi connectivity index (χ1v) is 7.21. The first-order chi connectivity index (χ1) is 9.83. The van der Waals surface area contributed by atoms with E-state index in [9.17, 15) is 0 Å². The van der Waals surface area contributed by atoms with E-state index in [0.29, 0.717) is 19.3 Å². The zero-order valence-corrected chi connectivity index (χ0v) is 12.1. The second-order valence-electron chi connectivity index (χ2n) is 5.16. The minimum absolute atomic E-state index is 0.560. The second-order valence-corrected chi connectivity index (χ2v) is 5.16. The van der Waals surface area contributed by atoms with E-state index in [2.05, 4.69) is 11.4 Å². The summed E-state index contributed by atoms with van der Waals surface area (Å²) in [4.78, 5) is 0. The van der Waals surface area contributed by atoms with E-state index in [-0.39, 0.29) is 0 Å². The summed E-state index contributed by atoms with van der Waals surface area (Å²) in [6, 6.07) is 6.67. The van der Waals surface area contributed by atoms with Crippen LogP contribution in [0.1, 0.15) is 31.1 Å². The van der Waals surface area contributed by atoms with E-state index in [4.69, 9.17) is 13.9 Å². The second kappa shape index (κ2) is 5.85. The lowest BCUT2D eigenvalue weighted by molar-refractivity contribution is 0.183. The van der Waals surface area contributed by atoms with Gasteiger partial charge in [0.15, 0.2) is 11.3 Å². The molecule has 1 N–H and O–H groups in total. The molecule has 4 nitrogen and oxygen atoms in total. The lowest BCUT2D eigenvalue weighted by Crippen LogP contribution is -2.15. The van der Waals surface area contributed by atoms with Crippen LogP contribution in [0.3, 0.4) is 0 Å². The molecule has 0 bridgehead atoms. The minimum Gasteiger partial charge on any atom is -0.490 e. The van der Waals surface area contributed by atoms with Crippen molar-refractivity contribution in [2.75, 3.05) is 13.7 Å².